The maximum atomic E-state index is 14.1. The van der Waals surface area contributed by atoms with Gasteiger partial charge in [0.05, 0.1) is 10.6 Å². The molecule has 11 heteroatoms. The van der Waals surface area contributed by atoms with E-state index in [-0.39, 0.29) is 23.4 Å². The van der Waals surface area contributed by atoms with Crippen molar-refractivity contribution in [1.82, 2.24) is 10.2 Å². The summed E-state index contributed by atoms with van der Waals surface area (Å²) in [6, 6.07) is 17.3. The average Bonchev–Trinajstić information content (AvgIpc) is 2.92. The van der Waals surface area contributed by atoms with Gasteiger partial charge >= 0.3 is 0 Å². The first kappa shape index (κ1) is 32.8. The minimum Gasteiger partial charge on any atom is -0.352 e. The largest absolute Gasteiger partial charge is 0.352 e. The number of aryl methyl sites for hydroxylation is 1. The first-order valence-electron chi connectivity index (χ1n) is 13.1. The van der Waals surface area contributed by atoms with E-state index in [1.807, 2.05) is 27.0 Å². The second-order valence-electron chi connectivity index (χ2n) is 9.87. The van der Waals surface area contributed by atoms with Crippen LogP contribution in [0.3, 0.4) is 0 Å². The predicted octanol–water partition coefficient (Wildman–Crippen LogP) is 6.55. The first-order valence-corrected chi connectivity index (χ1v) is 16.6. The fraction of sp³-hybridized carbons (Fsp3) is 0.333. The molecule has 0 aliphatic rings. The van der Waals surface area contributed by atoms with Crippen molar-refractivity contribution < 1.29 is 18.0 Å². The van der Waals surface area contributed by atoms with Crippen LogP contribution in [0.4, 0.5) is 5.69 Å². The van der Waals surface area contributed by atoms with Crippen molar-refractivity contribution in [3.8, 4) is 0 Å². The van der Waals surface area contributed by atoms with Gasteiger partial charge in [-0.3, -0.25) is 13.9 Å². The molecule has 7 nitrogen and oxygen atoms in total. The Morgan fingerprint density at radius 1 is 0.976 bits per heavy atom. The Balaban J connectivity index is 2.08. The molecule has 1 N–H and O–H groups in total. The van der Waals surface area contributed by atoms with E-state index < -0.39 is 28.5 Å². The van der Waals surface area contributed by atoms with E-state index in [1.165, 1.54) is 28.8 Å². The van der Waals surface area contributed by atoms with Gasteiger partial charge in [-0.1, -0.05) is 53.9 Å². The van der Waals surface area contributed by atoms with Crippen molar-refractivity contribution >= 4 is 62.5 Å². The lowest BCUT2D eigenvalue weighted by atomic mass is 10.1. The van der Waals surface area contributed by atoms with Gasteiger partial charge in [-0.05, 0) is 87.5 Å². The van der Waals surface area contributed by atoms with E-state index in [0.29, 0.717) is 27.7 Å². The topological polar surface area (TPSA) is 86.8 Å². The third-order valence-electron chi connectivity index (χ3n) is 6.42. The van der Waals surface area contributed by atoms with E-state index in [4.69, 9.17) is 23.2 Å². The van der Waals surface area contributed by atoms with E-state index in [0.717, 1.165) is 14.8 Å². The number of hydrogen-bond acceptors (Lipinski definition) is 5. The van der Waals surface area contributed by atoms with Gasteiger partial charge in [0.15, 0.2) is 0 Å². The van der Waals surface area contributed by atoms with Crippen LogP contribution >= 0.6 is 35.0 Å². The summed E-state index contributed by atoms with van der Waals surface area (Å²) >= 11 is 14.0. The normalized spacial score (nSPS) is 12.2. The zero-order chi connectivity index (χ0) is 30.3. The highest BCUT2D eigenvalue weighted by molar-refractivity contribution is 7.98. The quantitative estimate of drug-likeness (QED) is 0.228. The van der Waals surface area contributed by atoms with Crippen molar-refractivity contribution in [3.63, 3.8) is 0 Å². The number of sulfonamides is 1. The number of carbonyl (C=O) groups is 2. The summed E-state index contributed by atoms with van der Waals surface area (Å²) in [5.74, 6) is -0.884. The number of anilines is 1. The third kappa shape index (κ3) is 8.41. The highest BCUT2D eigenvalue weighted by atomic mass is 35.5. The fourth-order valence-electron chi connectivity index (χ4n) is 4.25. The van der Waals surface area contributed by atoms with Gasteiger partial charge in [-0.2, -0.15) is 0 Å². The molecule has 0 saturated heterocycles. The van der Waals surface area contributed by atoms with Crippen LogP contribution in [0.15, 0.2) is 76.5 Å². The molecule has 0 aliphatic carbocycles. The standard InChI is InChI=1S/C30H35Cl2N3O4S2/c1-6-28(30(37)33-20(2)3)34(18-22-9-10-23(31)17-27(22)32)29(36)19-35(24-11-7-21(4)8-12-24)41(38,39)26-15-13-25(40-5)14-16-26/h7-17,20,28H,6,18-19H2,1-5H3,(H,33,37)/t28-/m1/s1. The number of thioether (sulfide) groups is 1. The number of halogens is 2. The summed E-state index contributed by atoms with van der Waals surface area (Å²) < 4.78 is 29.0. The van der Waals surface area contributed by atoms with Crippen LogP contribution in [0.5, 0.6) is 0 Å². The van der Waals surface area contributed by atoms with Crippen molar-refractivity contribution in [2.24, 2.45) is 0 Å². The number of amides is 2. The van der Waals surface area contributed by atoms with Crippen LogP contribution in [0, 0.1) is 6.92 Å². The van der Waals surface area contributed by atoms with Crippen molar-refractivity contribution in [1.29, 1.82) is 0 Å². The van der Waals surface area contributed by atoms with Gasteiger partial charge in [-0.15, -0.1) is 11.8 Å². The number of nitrogens with zero attached hydrogens (tertiary/aromatic N) is 2. The molecule has 0 spiro atoms. The Bertz CT molecular complexity index is 1460. The van der Waals surface area contributed by atoms with E-state index in [9.17, 15) is 18.0 Å². The van der Waals surface area contributed by atoms with Gasteiger partial charge in [0, 0.05) is 27.5 Å². The monoisotopic (exact) mass is 635 g/mol. The molecule has 3 aromatic carbocycles. The third-order valence-corrected chi connectivity index (χ3v) is 9.54. The molecule has 2 amide bonds. The summed E-state index contributed by atoms with van der Waals surface area (Å²) in [7, 11) is -4.15. The summed E-state index contributed by atoms with van der Waals surface area (Å²) in [6.07, 6.45) is 2.21. The minimum atomic E-state index is -4.15. The van der Waals surface area contributed by atoms with Crippen LogP contribution < -0.4 is 9.62 Å². The van der Waals surface area contributed by atoms with Crippen LogP contribution in [-0.2, 0) is 26.2 Å². The zero-order valence-corrected chi connectivity index (χ0v) is 26.9. The molecule has 0 bridgehead atoms. The van der Waals surface area contributed by atoms with Crippen molar-refractivity contribution in [3.05, 3.63) is 87.9 Å². The number of benzene rings is 3. The Morgan fingerprint density at radius 2 is 1.61 bits per heavy atom. The molecule has 0 unspecified atom stereocenters. The number of carbonyl (C=O) groups excluding carboxylic acids is 2. The van der Waals surface area contributed by atoms with E-state index >= 15 is 0 Å². The molecule has 41 heavy (non-hydrogen) atoms. The maximum absolute atomic E-state index is 14.1. The predicted molar refractivity (Wildman–Crippen MR) is 168 cm³/mol. The molecule has 0 heterocycles. The Morgan fingerprint density at radius 3 is 2.15 bits per heavy atom. The first-order chi connectivity index (χ1) is 19.4. The number of rotatable bonds is 12. The Kier molecular flexibility index (Phi) is 11.6. The maximum Gasteiger partial charge on any atom is 0.264 e. The second-order valence-corrected chi connectivity index (χ2v) is 13.5. The molecule has 0 saturated carbocycles. The summed E-state index contributed by atoms with van der Waals surface area (Å²) in [5, 5.41) is 3.65. The Hall–Kier alpha value is -2.72. The lowest BCUT2D eigenvalue weighted by Crippen LogP contribution is -2.53. The number of hydrogen-bond donors (Lipinski definition) is 1. The fourth-order valence-corrected chi connectivity index (χ4v) is 6.54. The van der Waals surface area contributed by atoms with Crippen LogP contribution in [-0.4, -0.2) is 50.0 Å². The van der Waals surface area contributed by atoms with Gasteiger partial charge in [0.25, 0.3) is 10.0 Å². The van der Waals surface area contributed by atoms with Crippen molar-refractivity contribution in [2.45, 2.75) is 62.5 Å². The van der Waals surface area contributed by atoms with E-state index in [2.05, 4.69) is 5.32 Å². The molecular weight excluding hydrogens is 601 g/mol. The molecule has 0 radical (unpaired) electrons. The van der Waals surface area contributed by atoms with Gasteiger partial charge in [0.1, 0.15) is 12.6 Å². The molecule has 3 rings (SSSR count). The highest BCUT2D eigenvalue weighted by Crippen LogP contribution is 2.28. The Labute approximate surface area is 257 Å². The smallest absolute Gasteiger partial charge is 0.264 e. The van der Waals surface area contributed by atoms with Gasteiger partial charge < -0.3 is 10.2 Å². The zero-order valence-electron chi connectivity index (χ0n) is 23.7. The number of nitrogens with one attached hydrogen (secondary N) is 1. The van der Waals surface area contributed by atoms with Crippen LogP contribution in [0.1, 0.15) is 38.3 Å². The molecule has 0 aromatic heterocycles. The molecular formula is C30H35Cl2N3O4S2. The lowest BCUT2D eigenvalue weighted by Gasteiger charge is -2.33. The summed E-state index contributed by atoms with van der Waals surface area (Å²) in [5.41, 5.74) is 1.86. The molecule has 0 fully saturated rings. The highest BCUT2D eigenvalue weighted by Gasteiger charge is 2.34. The SMILES string of the molecule is CC[C@H](C(=O)NC(C)C)N(Cc1ccc(Cl)cc1Cl)C(=O)CN(c1ccc(C)cc1)S(=O)(=O)c1ccc(SC)cc1. The second kappa shape index (κ2) is 14.4. The van der Waals surface area contributed by atoms with E-state index in [1.54, 1.807) is 61.5 Å². The average molecular weight is 637 g/mol. The van der Waals surface area contributed by atoms with Gasteiger partial charge in [0.2, 0.25) is 11.8 Å². The molecule has 220 valence electrons. The minimum absolute atomic E-state index is 0.0109. The molecule has 0 aliphatic heterocycles. The van der Waals surface area contributed by atoms with Crippen LogP contribution in [0.2, 0.25) is 10.0 Å². The van der Waals surface area contributed by atoms with Crippen LogP contribution in [0.25, 0.3) is 0 Å². The van der Waals surface area contributed by atoms with Crippen molar-refractivity contribution in [2.75, 3.05) is 17.1 Å². The summed E-state index contributed by atoms with van der Waals surface area (Å²) in [4.78, 5) is 29.7. The summed E-state index contributed by atoms with van der Waals surface area (Å²) in [6.45, 7) is 6.83. The molecule has 3 aromatic rings. The molecule has 1 atom stereocenters. The van der Waals surface area contributed by atoms with Gasteiger partial charge in [-0.25, -0.2) is 8.42 Å². The lowest BCUT2D eigenvalue weighted by molar-refractivity contribution is -0.140.